The van der Waals surface area contributed by atoms with E-state index < -0.39 is 17.9 Å². The predicted molar refractivity (Wildman–Crippen MR) is 78.3 cm³/mol. The fraction of sp³-hybridized carbons (Fsp3) is 0.500. The van der Waals surface area contributed by atoms with E-state index in [9.17, 15) is 14.0 Å². The Morgan fingerprint density at radius 3 is 2.52 bits per heavy atom. The van der Waals surface area contributed by atoms with Gasteiger partial charge in [0.1, 0.15) is 11.9 Å². The highest BCUT2D eigenvalue weighted by atomic mass is 19.1. The monoisotopic (exact) mass is 295 g/mol. The van der Waals surface area contributed by atoms with Gasteiger partial charge in [-0.2, -0.15) is 0 Å². The summed E-state index contributed by atoms with van der Waals surface area (Å²) in [5.41, 5.74) is 0.716. The number of hydrogen-bond donors (Lipinski definition) is 2. The number of carboxylic acid groups (broad SMARTS) is 1. The van der Waals surface area contributed by atoms with E-state index in [1.54, 1.807) is 26.0 Å². The van der Waals surface area contributed by atoms with Crippen LogP contribution in [0.1, 0.15) is 32.8 Å². The maximum Gasteiger partial charge on any atom is 0.326 e. The van der Waals surface area contributed by atoms with Crippen LogP contribution in [0.25, 0.3) is 0 Å². The lowest BCUT2D eigenvalue weighted by atomic mass is 9.96. The molecule has 0 spiro atoms. The van der Waals surface area contributed by atoms with E-state index in [4.69, 9.17) is 5.11 Å². The molecule has 2 N–H and O–H groups in total. The smallest absolute Gasteiger partial charge is 0.326 e. The molecule has 1 aromatic carbocycles. The van der Waals surface area contributed by atoms with Crippen LogP contribution in [0.15, 0.2) is 24.3 Å². The van der Waals surface area contributed by atoms with Crippen molar-refractivity contribution >= 4 is 11.9 Å². The average molecular weight is 295 g/mol. The SMILES string of the molecule is CCC(C)C(NC(=O)C(C)Cc1cccc(F)c1)C(=O)O. The number of carboxylic acids is 1. The van der Waals surface area contributed by atoms with Crippen molar-refractivity contribution in [2.45, 2.75) is 39.7 Å². The van der Waals surface area contributed by atoms with Gasteiger partial charge in [-0.15, -0.1) is 0 Å². The Hall–Kier alpha value is -1.91. The fourth-order valence-corrected chi connectivity index (χ4v) is 2.09. The second-order valence-corrected chi connectivity index (χ2v) is 5.45. The molecule has 116 valence electrons. The lowest BCUT2D eigenvalue weighted by Gasteiger charge is -2.22. The van der Waals surface area contributed by atoms with Crippen molar-refractivity contribution in [3.63, 3.8) is 0 Å². The van der Waals surface area contributed by atoms with Gasteiger partial charge in [0.25, 0.3) is 0 Å². The molecule has 21 heavy (non-hydrogen) atoms. The van der Waals surface area contributed by atoms with E-state index >= 15 is 0 Å². The predicted octanol–water partition coefficient (Wildman–Crippen LogP) is 2.62. The van der Waals surface area contributed by atoms with Gasteiger partial charge in [0.2, 0.25) is 5.91 Å². The number of nitrogens with one attached hydrogen (secondary N) is 1. The van der Waals surface area contributed by atoms with E-state index in [-0.39, 0.29) is 17.6 Å². The van der Waals surface area contributed by atoms with Crippen molar-refractivity contribution in [1.29, 1.82) is 0 Å². The maximum absolute atomic E-state index is 13.1. The standard InChI is InChI=1S/C16H22FNO3/c1-4-10(2)14(16(20)21)18-15(19)11(3)8-12-6-5-7-13(17)9-12/h5-7,9-11,14H,4,8H2,1-3H3,(H,18,19)(H,20,21). The topological polar surface area (TPSA) is 66.4 Å². The van der Waals surface area contributed by atoms with Crippen LogP contribution in [0.3, 0.4) is 0 Å². The Bertz CT molecular complexity index is 504. The molecule has 0 aromatic heterocycles. The Morgan fingerprint density at radius 2 is 2.00 bits per heavy atom. The number of amides is 1. The molecule has 0 fully saturated rings. The van der Waals surface area contributed by atoms with Crippen LogP contribution >= 0.6 is 0 Å². The molecule has 0 aliphatic carbocycles. The normalized spacial score (nSPS) is 15.0. The van der Waals surface area contributed by atoms with Crippen LogP contribution in [-0.2, 0) is 16.0 Å². The summed E-state index contributed by atoms with van der Waals surface area (Å²) in [5, 5.41) is 11.7. The zero-order chi connectivity index (χ0) is 16.0. The van der Waals surface area contributed by atoms with Gasteiger partial charge in [-0.05, 0) is 30.0 Å². The number of rotatable bonds is 7. The summed E-state index contributed by atoms with van der Waals surface area (Å²) in [6, 6.07) is 5.17. The Morgan fingerprint density at radius 1 is 1.33 bits per heavy atom. The minimum Gasteiger partial charge on any atom is -0.480 e. The summed E-state index contributed by atoms with van der Waals surface area (Å²) in [4.78, 5) is 23.3. The molecule has 3 atom stereocenters. The number of aliphatic carboxylic acids is 1. The van der Waals surface area contributed by atoms with Gasteiger partial charge < -0.3 is 10.4 Å². The highest BCUT2D eigenvalue weighted by Crippen LogP contribution is 2.13. The molecule has 0 aliphatic rings. The minimum absolute atomic E-state index is 0.146. The molecule has 1 amide bonds. The Balaban J connectivity index is 2.67. The first-order valence-corrected chi connectivity index (χ1v) is 7.12. The molecule has 0 heterocycles. The Kier molecular flexibility index (Phi) is 6.34. The molecule has 4 nitrogen and oxygen atoms in total. The maximum atomic E-state index is 13.1. The molecule has 0 saturated heterocycles. The molecule has 1 rings (SSSR count). The van der Waals surface area contributed by atoms with Crippen molar-refractivity contribution < 1.29 is 19.1 Å². The number of benzene rings is 1. The molecule has 0 aliphatic heterocycles. The lowest BCUT2D eigenvalue weighted by Crippen LogP contribution is -2.47. The first-order valence-electron chi connectivity index (χ1n) is 7.12. The van der Waals surface area contributed by atoms with Crippen molar-refractivity contribution in [3.8, 4) is 0 Å². The summed E-state index contributed by atoms with van der Waals surface area (Å²) in [6.07, 6.45) is 1.03. The molecule has 0 radical (unpaired) electrons. The average Bonchev–Trinajstić information content (AvgIpc) is 2.43. The fourth-order valence-electron chi connectivity index (χ4n) is 2.09. The summed E-state index contributed by atoms with van der Waals surface area (Å²) >= 11 is 0. The largest absolute Gasteiger partial charge is 0.480 e. The van der Waals surface area contributed by atoms with E-state index in [2.05, 4.69) is 5.32 Å². The van der Waals surface area contributed by atoms with Crippen LogP contribution in [0.4, 0.5) is 4.39 Å². The van der Waals surface area contributed by atoms with E-state index in [0.29, 0.717) is 18.4 Å². The minimum atomic E-state index is -1.03. The first-order chi connectivity index (χ1) is 9.85. The Labute approximate surface area is 124 Å². The third-order valence-electron chi connectivity index (χ3n) is 3.66. The van der Waals surface area contributed by atoms with Gasteiger partial charge >= 0.3 is 5.97 Å². The number of carbonyl (C=O) groups excluding carboxylic acids is 1. The number of carbonyl (C=O) groups is 2. The lowest BCUT2D eigenvalue weighted by molar-refractivity contribution is -0.143. The molecular weight excluding hydrogens is 273 g/mol. The van der Waals surface area contributed by atoms with Crippen LogP contribution in [0.5, 0.6) is 0 Å². The molecule has 1 aromatic rings. The zero-order valence-electron chi connectivity index (χ0n) is 12.6. The van der Waals surface area contributed by atoms with Gasteiger partial charge in [0.05, 0.1) is 0 Å². The van der Waals surface area contributed by atoms with Crippen molar-refractivity contribution in [1.82, 2.24) is 5.32 Å². The van der Waals surface area contributed by atoms with Crippen molar-refractivity contribution in [2.24, 2.45) is 11.8 Å². The quantitative estimate of drug-likeness (QED) is 0.812. The van der Waals surface area contributed by atoms with Crippen molar-refractivity contribution in [3.05, 3.63) is 35.6 Å². The van der Waals surface area contributed by atoms with E-state index in [1.165, 1.54) is 12.1 Å². The molecular formula is C16H22FNO3. The van der Waals surface area contributed by atoms with Crippen molar-refractivity contribution in [2.75, 3.05) is 0 Å². The second kappa shape index (κ2) is 7.76. The van der Waals surface area contributed by atoms with E-state index in [0.717, 1.165) is 0 Å². The molecule has 5 heteroatoms. The van der Waals surface area contributed by atoms with Crippen LogP contribution in [0.2, 0.25) is 0 Å². The van der Waals surface area contributed by atoms with Gasteiger partial charge in [0.15, 0.2) is 0 Å². The zero-order valence-corrected chi connectivity index (χ0v) is 12.6. The number of halogens is 1. The third kappa shape index (κ3) is 5.17. The van der Waals surface area contributed by atoms with Gasteiger partial charge in [-0.1, -0.05) is 39.3 Å². The summed E-state index contributed by atoms with van der Waals surface area (Å²) in [7, 11) is 0. The van der Waals surface area contributed by atoms with Gasteiger partial charge in [-0.25, -0.2) is 9.18 Å². The van der Waals surface area contributed by atoms with E-state index in [1.807, 2.05) is 6.92 Å². The highest BCUT2D eigenvalue weighted by Gasteiger charge is 2.27. The first kappa shape index (κ1) is 17.1. The molecule has 0 saturated carbocycles. The third-order valence-corrected chi connectivity index (χ3v) is 3.66. The summed E-state index contributed by atoms with van der Waals surface area (Å²) < 4.78 is 13.1. The summed E-state index contributed by atoms with van der Waals surface area (Å²) in [5.74, 6) is -2.27. The highest BCUT2D eigenvalue weighted by molar-refractivity contribution is 5.85. The number of hydrogen-bond acceptors (Lipinski definition) is 2. The van der Waals surface area contributed by atoms with Crippen LogP contribution < -0.4 is 5.32 Å². The van der Waals surface area contributed by atoms with Gasteiger partial charge in [-0.3, -0.25) is 4.79 Å². The van der Waals surface area contributed by atoms with Crippen LogP contribution in [0, 0.1) is 17.7 Å². The van der Waals surface area contributed by atoms with Gasteiger partial charge in [0, 0.05) is 5.92 Å². The molecule has 0 bridgehead atoms. The molecule has 3 unspecified atom stereocenters. The second-order valence-electron chi connectivity index (χ2n) is 5.45. The summed E-state index contributed by atoms with van der Waals surface area (Å²) in [6.45, 7) is 5.37. The van der Waals surface area contributed by atoms with Crippen LogP contribution in [-0.4, -0.2) is 23.0 Å².